The number of hydrogen-bond donors (Lipinski definition) is 3. The summed E-state index contributed by atoms with van der Waals surface area (Å²) in [5, 5.41) is 24.1. The molecule has 2 atom stereocenters. The second-order valence-electron chi connectivity index (χ2n) is 3.72. The van der Waals surface area contributed by atoms with E-state index in [0.29, 0.717) is 12.8 Å². The molecule has 1 aliphatic carbocycles. The Hall–Kier alpha value is -2.25. The number of aliphatic carboxylic acids is 1. The Kier molecular flexibility index (Phi) is 3.12. The Balaban J connectivity index is 2.07. The van der Waals surface area contributed by atoms with Crippen molar-refractivity contribution in [2.75, 3.05) is 5.32 Å². The first-order valence-corrected chi connectivity index (χ1v) is 5.10. The van der Waals surface area contributed by atoms with Crippen LogP contribution in [0.4, 0.5) is 5.95 Å². The van der Waals surface area contributed by atoms with Crippen LogP contribution in [-0.2, 0) is 9.59 Å². The third-order valence-corrected chi connectivity index (χ3v) is 2.67. The maximum atomic E-state index is 11.9. The zero-order chi connectivity index (χ0) is 12.3. The minimum absolute atomic E-state index is 0.0497. The number of carboxylic acids is 1. The highest BCUT2D eigenvalue weighted by molar-refractivity contribution is 5.94. The highest BCUT2D eigenvalue weighted by atomic mass is 16.4. The van der Waals surface area contributed by atoms with Crippen LogP contribution in [0.2, 0.25) is 0 Å². The van der Waals surface area contributed by atoms with Crippen LogP contribution in [0.3, 0.4) is 0 Å². The highest BCUT2D eigenvalue weighted by Gasteiger charge is 2.34. The second-order valence-corrected chi connectivity index (χ2v) is 3.72. The summed E-state index contributed by atoms with van der Waals surface area (Å²) in [4.78, 5) is 22.9. The Morgan fingerprint density at radius 3 is 2.65 bits per heavy atom. The van der Waals surface area contributed by atoms with E-state index in [0.717, 1.165) is 0 Å². The first-order chi connectivity index (χ1) is 8.18. The lowest BCUT2D eigenvalue weighted by atomic mass is 9.82. The molecule has 1 aromatic rings. The summed E-state index contributed by atoms with van der Waals surface area (Å²) >= 11 is 0. The van der Waals surface area contributed by atoms with E-state index in [1.165, 1.54) is 0 Å². The lowest BCUT2D eigenvalue weighted by Crippen LogP contribution is -2.35. The molecule has 0 radical (unpaired) electrons. The molecule has 0 saturated heterocycles. The number of rotatable bonds is 3. The average molecular weight is 237 g/mol. The minimum Gasteiger partial charge on any atom is -0.481 e. The van der Waals surface area contributed by atoms with Crippen LogP contribution in [-0.4, -0.2) is 37.6 Å². The predicted molar refractivity (Wildman–Crippen MR) is 55.8 cm³/mol. The van der Waals surface area contributed by atoms with E-state index in [1.54, 1.807) is 12.2 Å². The van der Waals surface area contributed by atoms with Crippen molar-refractivity contribution in [3.63, 3.8) is 0 Å². The number of H-pyrrole nitrogens is 1. The topological polar surface area (TPSA) is 121 Å². The molecule has 17 heavy (non-hydrogen) atoms. The Bertz CT molecular complexity index is 441. The number of aromatic amines is 1. The van der Waals surface area contributed by atoms with Gasteiger partial charge in [0.05, 0.1) is 11.8 Å². The Labute approximate surface area is 96.1 Å². The summed E-state index contributed by atoms with van der Waals surface area (Å²) in [5.74, 6) is -2.62. The van der Waals surface area contributed by atoms with Gasteiger partial charge in [0, 0.05) is 0 Å². The van der Waals surface area contributed by atoms with E-state index < -0.39 is 23.7 Å². The van der Waals surface area contributed by atoms with Gasteiger partial charge in [-0.25, -0.2) is 0 Å². The van der Waals surface area contributed by atoms with Gasteiger partial charge >= 0.3 is 5.97 Å². The van der Waals surface area contributed by atoms with Crippen molar-refractivity contribution in [1.82, 2.24) is 20.6 Å². The first-order valence-electron chi connectivity index (χ1n) is 5.10. The van der Waals surface area contributed by atoms with E-state index in [2.05, 4.69) is 25.9 Å². The van der Waals surface area contributed by atoms with Crippen molar-refractivity contribution in [2.45, 2.75) is 12.8 Å². The molecule has 3 N–H and O–H groups in total. The fourth-order valence-corrected chi connectivity index (χ4v) is 1.79. The molecular weight excluding hydrogens is 226 g/mol. The summed E-state index contributed by atoms with van der Waals surface area (Å²) in [6.45, 7) is 0. The van der Waals surface area contributed by atoms with E-state index >= 15 is 0 Å². The molecule has 8 nitrogen and oxygen atoms in total. The highest BCUT2D eigenvalue weighted by Crippen LogP contribution is 2.26. The number of carbonyl (C=O) groups is 2. The summed E-state index contributed by atoms with van der Waals surface area (Å²) in [6, 6.07) is 0. The summed E-state index contributed by atoms with van der Waals surface area (Å²) in [7, 11) is 0. The largest absolute Gasteiger partial charge is 0.481 e. The normalized spacial score (nSPS) is 23.3. The van der Waals surface area contributed by atoms with Crippen LogP contribution in [0, 0.1) is 11.8 Å². The number of tetrazole rings is 1. The van der Waals surface area contributed by atoms with Gasteiger partial charge in [-0.1, -0.05) is 17.3 Å². The van der Waals surface area contributed by atoms with E-state index in [1.807, 2.05) is 0 Å². The predicted octanol–water partition coefficient (Wildman–Crippen LogP) is -0.195. The summed E-state index contributed by atoms with van der Waals surface area (Å²) in [5.41, 5.74) is 0. The number of allylic oxidation sites excluding steroid dienone is 2. The molecule has 1 aromatic heterocycles. The number of nitrogens with one attached hydrogen (secondary N) is 2. The number of anilines is 1. The maximum Gasteiger partial charge on any atom is 0.307 e. The van der Waals surface area contributed by atoms with Gasteiger partial charge < -0.3 is 5.11 Å². The summed E-state index contributed by atoms with van der Waals surface area (Å²) < 4.78 is 0. The molecule has 0 saturated carbocycles. The fourth-order valence-electron chi connectivity index (χ4n) is 1.79. The van der Waals surface area contributed by atoms with Crippen molar-refractivity contribution in [2.24, 2.45) is 11.8 Å². The van der Waals surface area contributed by atoms with Gasteiger partial charge in [0.25, 0.3) is 5.95 Å². The van der Waals surface area contributed by atoms with Crippen LogP contribution < -0.4 is 5.32 Å². The van der Waals surface area contributed by atoms with Gasteiger partial charge in [0.15, 0.2) is 0 Å². The SMILES string of the molecule is O=C(O)C1CC=CCC1C(=O)Nc1nn[nH]n1. The molecule has 1 amide bonds. The number of hydrogen-bond acceptors (Lipinski definition) is 5. The number of carbonyl (C=O) groups excluding carboxylic acids is 1. The lowest BCUT2D eigenvalue weighted by molar-refractivity contribution is -0.146. The van der Waals surface area contributed by atoms with E-state index in [4.69, 9.17) is 5.11 Å². The molecule has 0 spiro atoms. The summed E-state index contributed by atoms with van der Waals surface area (Å²) in [6.07, 6.45) is 4.34. The molecule has 1 aliphatic rings. The zero-order valence-electron chi connectivity index (χ0n) is 8.83. The Morgan fingerprint density at radius 1 is 1.35 bits per heavy atom. The van der Waals surface area contributed by atoms with Crippen LogP contribution >= 0.6 is 0 Å². The van der Waals surface area contributed by atoms with Gasteiger partial charge in [-0.05, 0) is 18.1 Å². The molecule has 0 aliphatic heterocycles. The van der Waals surface area contributed by atoms with Gasteiger partial charge in [-0.15, -0.1) is 5.10 Å². The molecular formula is C9H11N5O3. The van der Waals surface area contributed by atoms with Crippen LogP contribution in [0.5, 0.6) is 0 Å². The smallest absolute Gasteiger partial charge is 0.307 e. The van der Waals surface area contributed by atoms with Crippen molar-refractivity contribution in [1.29, 1.82) is 0 Å². The first kappa shape index (κ1) is 11.2. The van der Waals surface area contributed by atoms with Crippen molar-refractivity contribution >= 4 is 17.8 Å². The standard InChI is InChI=1S/C9H11N5O3/c15-7(10-9-11-13-14-12-9)5-3-1-2-4-6(5)8(16)17/h1-2,5-6H,3-4H2,(H,16,17)(H2,10,11,12,13,14,15). The van der Waals surface area contributed by atoms with Crippen molar-refractivity contribution in [3.8, 4) is 0 Å². The molecule has 8 heteroatoms. The molecule has 2 rings (SSSR count). The number of amides is 1. The maximum absolute atomic E-state index is 11.9. The third kappa shape index (κ3) is 2.47. The number of nitrogens with zero attached hydrogens (tertiary/aromatic N) is 3. The van der Waals surface area contributed by atoms with Crippen molar-refractivity contribution in [3.05, 3.63) is 12.2 Å². The van der Waals surface area contributed by atoms with Gasteiger partial charge in [0.1, 0.15) is 0 Å². The molecule has 0 fully saturated rings. The monoisotopic (exact) mass is 237 g/mol. The molecule has 0 bridgehead atoms. The molecule has 1 heterocycles. The Morgan fingerprint density at radius 2 is 2.06 bits per heavy atom. The third-order valence-electron chi connectivity index (χ3n) is 2.67. The fraction of sp³-hybridized carbons (Fsp3) is 0.444. The number of carboxylic acid groups (broad SMARTS) is 1. The average Bonchev–Trinajstić information content (AvgIpc) is 2.81. The second kappa shape index (κ2) is 4.73. The van der Waals surface area contributed by atoms with Gasteiger partial charge in [-0.2, -0.15) is 5.21 Å². The van der Waals surface area contributed by atoms with Crippen LogP contribution in [0.25, 0.3) is 0 Å². The molecule has 0 aromatic carbocycles. The van der Waals surface area contributed by atoms with E-state index in [9.17, 15) is 9.59 Å². The zero-order valence-corrected chi connectivity index (χ0v) is 8.83. The van der Waals surface area contributed by atoms with Crippen LogP contribution in [0.15, 0.2) is 12.2 Å². The van der Waals surface area contributed by atoms with Crippen molar-refractivity contribution < 1.29 is 14.7 Å². The minimum atomic E-state index is -0.970. The molecule has 90 valence electrons. The number of aromatic nitrogens is 4. The quantitative estimate of drug-likeness (QED) is 0.626. The van der Waals surface area contributed by atoms with Gasteiger partial charge in [0.2, 0.25) is 5.91 Å². The lowest BCUT2D eigenvalue weighted by Gasteiger charge is -2.23. The van der Waals surface area contributed by atoms with Gasteiger partial charge in [-0.3, -0.25) is 14.9 Å². The van der Waals surface area contributed by atoms with E-state index in [-0.39, 0.29) is 5.95 Å². The molecule has 2 unspecified atom stereocenters. The van der Waals surface area contributed by atoms with Crippen LogP contribution in [0.1, 0.15) is 12.8 Å².